The molecule has 7 heteroatoms. The summed E-state index contributed by atoms with van der Waals surface area (Å²) in [5, 5.41) is 7.74. The van der Waals surface area contributed by atoms with Gasteiger partial charge < -0.3 is 20.1 Å². The highest BCUT2D eigenvalue weighted by molar-refractivity contribution is 6.31. The summed E-state index contributed by atoms with van der Waals surface area (Å²) in [4.78, 5) is 27.9. The van der Waals surface area contributed by atoms with E-state index < -0.39 is 0 Å². The number of benzene rings is 3. The first-order valence-electron chi connectivity index (χ1n) is 11.4. The normalized spacial score (nSPS) is 11.1. The summed E-state index contributed by atoms with van der Waals surface area (Å²) in [5.74, 6) is 0. The van der Waals surface area contributed by atoms with E-state index in [1.165, 1.54) is 5.56 Å². The van der Waals surface area contributed by atoms with Crippen LogP contribution in [0.15, 0.2) is 77.6 Å². The lowest BCUT2D eigenvalue weighted by atomic mass is 9.96. The molecule has 0 aliphatic heterocycles. The molecule has 0 radical (unpaired) electrons. The molecule has 2 amide bonds. The Balaban J connectivity index is 1.58. The Labute approximate surface area is 210 Å². The van der Waals surface area contributed by atoms with Gasteiger partial charge >= 0.3 is 6.03 Å². The molecule has 3 aromatic carbocycles. The Morgan fingerprint density at radius 3 is 2.34 bits per heavy atom. The first-order chi connectivity index (χ1) is 16.8. The van der Waals surface area contributed by atoms with Gasteiger partial charge in [0.05, 0.1) is 6.54 Å². The van der Waals surface area contributed by atoms with Crippen molar-refractivity contribution >= 4 is 28.4 Å². The molecule has 0 spiro atoms. The molecule has 1 aromatic heterocycles. The summed E-state index contributed by atoms with van der Waals surface area (Å²) in [5.41, 5.74) is 4.61. The number of carbonyl (C=O) groups excluding carboxylic acids is 1. The van der Waals surface area contributed by atoms with Crippen LogP contribution in [0.1, 0.15) is 16.8 Å². The lowest BCUT2D eigenvalue weighted by Crippen LogP contribution is -2.36. The minimum absolute atomic E-state index is 0.133. The molecular formula is C28H29ClN4O2. The number of pyridine rings is 1. The van der Waals surface area contributed by atoms with Crippen LogP contribution in [0.2, 0.25) is 5.02 Å². The van der Waals surface area contributed by atoms with Crippen molar-refractivity contribution in [3.05, 3.63) is 105 Å². The van der Waals surface area contributed by atoms with Gasteiger partial charge in [0.2, 0.25) is 0 Å². The van der Waals surface area contributed by atoms with Crippen LogP contribution in [0, 0.1) is 0 Å². The maximum Gasteiger partial charge on any atom is 0.315 e. The summed E-state index contributed by atoms with van der Waals surface area (Å²) in [6.45, 7) is 1.43. The molecule has 0 fully saturated rings. The molecule has 1 heterocycles. The van der Waals surface area contributed by atoms with Crippen molar-refractivity contribution in [2.24, 2.45) is 7.05 Å². The largest absolute Gasteiger partial charge is 0.334 e. The second-order valence-corrected chi connectivity index (χ2v) is 9.27. The van der Waals surface area contributed by atoms with Crippen molar-refractivity contribution in [2.45, 2.75) is 19.6 Å². The molecule has 2 N–H and O–H groups in total. The second-order valence-electron chi connectivity index (χ2n) is 8.84. The van der Waals surface area contributed by atoms with E-state index in [-0.39, 0.29) is 18.1 Å². The van der Waals surface area contributed by atoms with Crippen molar-refractivity contribution in [3.8, 4) is 11.1 Å². The Morgan fingerprint density at radius 2 is 1.60 bits per heavy atom. The van der Waals surface area contributed by atoms with Gasteiger partial charge in [0, 0.05) is 41.8 Å². The summed E-state index contributed by atoms with van der Waals surface area (Å²) in [6, 6.07) is 22.9. The maximum absolute atomic E-state index is 13.1. The molecule has 180 valence electrons. The van der Waals surface area contributed by atoms with Gasteiger partial charge in [0.15, 0.2) is 0 Å². The lowest BCUT2D eigenvalue weighted by Gasteiger charge is -2.18. The van der Waals surface area contributed by atoms with Crippen LogP contribution < -0.4 is 16.2 Å². The summed E-state index contributed by atoms with van der Waals surface area (Å²) in [7, 11) is 5.78. The molecule has 4 rings (SSSR count). The second kappa shape index (κ2) is 10.8. The number of rotatable bonds is 7. The van der Waals surface area contributed by atoms with Crippen LogP contribution in [0.25, 0.3) is 21.9 Å². The molecule has 0 saturated heterocycles. The van der Waals surface area contributed by atoms with Gasteiger partial charge in [-0.2, -0.15) is 0 Å². The van der Waals surface area contributed by atoms with Crippen LogP contribution in [0.3, 0.4) is 0 Å². The van der Waals surface area contributed by atoms with E-state index >= 15 is 0 Å². The van der Waals surface area contributed by atoms with Gasteiger partial charge in [-0.05, 0) is 54.4 Å². The van der Waals surface area contributed by atoms with Gasteiger partial charge in [-0.1, -0.05) is 66.2 Å². The van der Waals surface area contributed by atoms with Gasteiger partial charge in [0.25, 0.3) is 5.56 Å². The van der Waals surface area contributed by atoms with E-state index in [2.05, 4.69) is 27.7 Å². The molecule has 6 nitrogen and oxygen atoms in total. The quantitative estimate of drug-likeness (QED) is 0.388. The van der Waals surface area contributed by atoms with Crippen LogP contribution in [0.4, 0.5) is 4.79 Å². The topological polar surface area (TPSA) is 66.4 Å². The highest BCUT2D eigenvalue weighted by atomic mass is 35.5. The van der Waals surface area contributed by atoms with Gasteiger partial charge in [-0.3, -0.25) is 4.79 Å². The number of urea groups is 1. The van der Waals surface area contributed by atoms with Crippen molar-refractivity contribution in [2.75, 3.05) is 14.1 Å². The molecule has 35 heavy (non-hydrogen) atoms. The van der Waals surface area contributed by atoms with Gasteiger partial charge in [-0.15, -0.1) is 0 Å². The molecule has 0 atom stereocenters. The van der Waals surface area contributed by atoms with Crippen LogP contribution in [-0.4, -0.2) is 29.6 Å². The van der Waals surface area contributed by atoms with Gasteiger partial charge in [-0.25, -0.2) is 4.79 Å². The average Bonchev–Trinajstić information content (AvgIpc) is 2.84. The number of amides is 2. The fraction of sp³-hybridized carbons (Fsp3) is 0.214. The Hall–Kier alpha value is -3.61. The fourth-order valence-electron chi connectivity index (χ4n) is 4.28. The third-order valence-corrected chi connectivity index (χ3v) is 6.14. The van der Waals surface area contributed by atoms with E-state index in [1.54, 1.807) is 23.7 Å². The van der Waals surface area contributed by atoms with Gasteiger partial charge in [0.1, 0.15) is 0 Å². The number of halogens is 1. The van der Waals surface area contributed by atoms with Crippen molar-refractivity contribution in [1.82, 2.24) is 20.1 Å². The summed E-state index contributed by atoms with van der Waals surface area (Å²) < 4.78 is 1.60. The Kier molecular flexibility index (Phi) is 7.54. The lowest BCUT2D eigenvalue weighted by molar-refractivity contribution is 0.240. The standard InChI is InChI=1S/C28H29ClN4O2/c1-32(2)18-20-9-7-8-19(14-20)16-30-28(35)31-17-25-26(21-10-5-4-6-11-21)24-15-22(29)12-13-23(24)27(34)33(25)3/h4-15H,16-18H2,1-3H3,(H2,30,31,35). The fourth-order valence-corrected chi connectivity index (χ4v) is 4.45. The number of hydrogen-bond acceptors (Lipinski definition) is 3. The van der Waals surface area contributed by atoms with Crippen molar-refractivity contribution in [1.29, 1.82) is 0 Å². The molecule has 0 saturated carbocycles. The summed E-state index contributed by atoms with van der Waals surface area (Å²) >= 11 is 6.30. The van der Waals surface area contributed by atoms with E-state index in [9.17, 15) is 9.59 Å². The number of nitrogens with zero attached hydrogens (tertiary/aromatic N) is 2. The SMILES string of the molecule is CN(C)Cc1cccc(CNC(=O)NCc2c(-c3ccccc3)c3cc(Cl)ccc3c(=O)n2C)c1. The van der Waals surface area contributed by atoms with E-state index in [4.69, 9.17) is 11.6 Å². The van der Waals surface area contributed by atoms with Crippen LogP contribution in [-0.2, 0) is 26.7 Å². The minimum atomic E-state index is -0.305. The Bertz CT molecular complexity index is 1410. The van der Waals surface area contributed by atoms with Crippen molar-refractivity contribution < 1.29 is 4.79 Å². The monoisotopic (exact) mass is 488 g/mol. The number of fused-ring (bicyclic) bond motifs is 1. The molecule has 4 aromatic rings. The number of nitrogens with one attached hydrogen (secondary N) is 2. The third kappa shape index (κ3) is 5.73. The molecule has 0 aliphatic rings. The third-order valence-electron chi connectivity index (χ3n) is 5.90. The average molecular weight is 489 g/mol. The highest BCUT2D eigenvalue weighted by Gasteiger charge is 2.17. The number of hydrogen-bond donors (Lipinski definition) is 2. The van der Waals surface area contributed by atoms with E-state index in [1.807, 2.05) is 62.6 Å². The summed E-state index contributed by atoms with van der Waals surface area (Å²) in [6.07, 6.45) is 0. The Morgan fingerprint density at radius 1 is 0.886 bits per heavy atom. The molecule has 0 aliphatic carbocycles. The number of carbonyl (C=O) groups is 1. The van der Waals surface area contributed by atoms with Crippen molar-refractivity contribution in [3.63, 3.8) is 0 Å². The van der Waals surface area contributed by atoms with E-state index in [0.29, 0.717) is 22.6 Å². The molecule has 0 unspecified atom stereocenters. The zero-order valence-corrected chi connectivity index (χ0v) is 20.9. The van der Waals surface area contributed by atoms with Crippen LogP contribution >= 0.6 is 11.6 Å². The minimum Gasteiger partial charge on any atom is -0.334 e. The molecular weight excluding hydrogens is 460 g/mol. The first kappa shape index (κ1) is 24.5. The molecule has 0 bridgehead atoms. The number of aromatic nitrogens is 1. The predicted molar refractivity (Wildman–Crippen MR) is 143 cm³/mol. The maximum atomic E-state index is 13.1. The smallest absolute Gasteiger partial charge is 0.315 e. The zero-order valence-electron chi connectivity index (χ0n) is 20.1. The zero-order chi connectivity index (χ0) is 24.9. The first-order valence-corrected chi connectivity index (χ1v) is 11.8. The predicted octanol–water partition coefficient (Wildman–Crippen LogP) is 4.92. The van der Waals surface area contributed by atoms with E-state index in [0.717, 1.165) is 28.6 Å². The highest BCUT2D eigenvalue weighted by Crippen LogP contribution is 2.32. The van der Waals surface area contributed by atoms with Crippen LogP contribution in [0.5, 0.6) is 0 Å².